The summed E-state index contributed by atoms with van der Waals surface area (Å²) in [7, 11) is 2.05. The number of hydrogen-bond donors (Lipinski definition) is 1. The Morgan fingerprint density at radius 2 is 2.50 bits per heavy atom. The molecule has 0 spiro atoms. The molecule has 1 aliphatic rings. The van der Waals surface area contributed by atoms with Crippen molar-refractivity contribution in [3.05, 3.63) is 18.2 Å². The summed E-state index contributed by atoms with van der Waals surface area (Å²) in [6, 6.07) is 0.608. The molecule has 1 aliphatic heterocycles. The van der Waals surface area contributed by atoms with Gasteiger partial charge in [-0.05, 0) is 6.92 Å². The average Bonchev–Trinajstić information content (AvgIpc) is 2.52. The first-order valence-electron chi connectivity index (χ1n) is 5.16. The van der Waals surface area contributed by atoms with Gasteiger partial charge in [-0.1, -0.05) is 0 Å². The molecule has 1 aromatic rings. The third kappa shape index (κ3) is 2.13. The molecule has 0 aromatic carbocycles. The molecule has 0 aliphatic carbocycles. The maximum atomic E-state index is 4.13. The summed E-state index contributed by atoms with van der Waals surface area (Å²) in [5.74, 6) is 0. The summed E-state index contributed by atoms with van der Waals surface area (Å²) in [5.41, 5.74) is 1.29. The molecule has 4 nitrogen and oxygen atoms in total. The molecule has 1 atom stereocenters. The summed E-state index contributed by atoms with van der Waals surface area (Å²) in [4.78, 5) is 6.60. The molecule has 1 aromatic heterocycles. The SMILES string of the molecule is CC1CN(Cc2cncn2C)CCN1. The van der Waals surface area contributed by atoms with E-state index in [1.54, 1.807) is 0 Å². The average molecular weight is 194 g/mol. The summed E-state index contributed by atoms with van der Waals surface area (Å²) in [6.45, 7) is 6.61. The van der Waals surface area contributed by atoms with Crippen LogP contribution in [-0.4, -0.2) is 40.1 Å². The molecule has 1 fully saturated rings. The first-order valence-corrected chi connectivity index (χ1v) is 5.16. The van der Waals surface area contributed by atoms with Crippen LogP contribution in [0.15, 0.2) is 12.5 Å². The largest absolute Gasteiger partial charge is 0.337 e. The van der Waals surface area contributed by atoms with Gasteiger partial charge in [0.1, 0.15) is 0 Å². The highest BCUT2D eigenvalue weighted by Crippen LogP contribution is 2.05. The molecule has 0 radical (unpaired) electrons. The maximum Gasteiger partial charge on any atom is 0.0945 e. The first kappa shape index (κ1) is 9.68. The highest BCUT2D eigenvalue weighted by Gasteiger charge is 2.16. The minimum absolute atomic E-state index is 0.608. The molecule has 0 amide bonds. The minimum Gasteiger partial charge on any atom is -0.337 e. The van der Waals surface area contributed by atoms with Crippen LogP contribution in [0, 0.1) is 0 Å². The van der Waals surface area contributed by atoms with Crippen molar-refractivity contribution >= 4 is 0 Å². The summed E-state index contributed by atoms with van der Waals surface area (Å²) >= 11 is 0. The molecular formula is C10H18N4. The van der Waals surface area contributed by atoms with Crippen LogP contribution < -0.4 is 5.32 Å². The Kier molecular flexibility index (Phi) is 2.84. The van der Waals surface area contributed by atoms with Crippen molar-refractivity contribution in [1.82, 2.24) is 19.8 Å². The first-order chi connectivity index (χ1) is 6.75. The molecule has 2 rings (SSSR count). The van der Waals surface area contributed by atoms with Crippen LogP contribution in [0.2, 0.25) is 0 Å². The Morgan fingerprint density at radius 1 is 1.64 bits per heavy atom. The van der Waals surface area contributed by atoms with Crippen molar-refractivity contribution in [2.45, 2.75) is 19.5 Å². The van der Waals surface area contributed by atoms with Gasteiger partial charge in [-0.15, -0.1) is 0 Å². The fourth-order valence-corrected chi connectivity index (χ4v) is 1.92. The normalized spacial score (nSPS) is 24.0. The van der Waals surface area contributed by atoms with E-state index in [0.29, 0.717) is 6.04 Å². The fraction of sp³-hybridized carbons (Fsp3) is 0.700. The van der Waals surface area contributed by atoms with Gasteiger partial charge in [0.25, 0.3) is 0 Å². The maximum absolute atomic E-state index is 4.13. The van der Waals surface area contributed by atoms with Gasteiger partial charge in [0.15, 0.2) is 0 Å². The number of nitrogens with zero attached hydrogens (tertiary/aromatic N) is 3. The Hall–Kier alpha value is -0.870. The topological polar surface area (TPSA) is 33.1 Å². The van der Waals surface area contributed by atoms with E-state index in [2.05, 4.69) is 26.7 Å². The van der Waals surface area contributed by atoms with E-state index in [9.17, 15) is 0 Å². The van der Waals surface area contributed by atoms with Crippen LogP contribution in [0.3, 0.4) is 0 Å². The highest BCUT2D eigenvalue weighted by molar-refractivity contribution is 4.97. The van der Waals surface area contributed by atoms with Crippen LogP contribution in [0.1, 0.15) is 12.6 Å². The number of imidazole rings is 1. The molecule has 1 unspecified atom stereocenters. The van der Waals surface area contributed by atoms with Gasteiger partial charge in [0.05, 0.1) is 12.0 Å². The number of rotatable bonds is 2. The molecule has 78 valence electrons. The van der Waals surface area contributed by atoms with Crippen molar-refractivity contribution in [2.75, 3.05) is 19.6 Å². The van der Waals surface area contributed by atoms with E-state index in [0.717, 1.165) is 26.2 Å². The molecule has 1 saturated heterocycles. The molecule has 1 N–H and O–H groups in total. The Bertz CT molecular complexity index is 294. The number of nitrogens with one attached hydrogen (secondary N) is 1. The summed E-state index contributed by atoms with van der Waals surface area (Å²) in [6.07, 6.45) is 3.81. The van der Waals surface area contributed by atoms with E-state index in [1.165, 1.54) is 5.69 Å². The lowest BCUT2D eigenvalue weighted by Gasteiger charge is -2.31. The zero-order chi connectivity index (χ0) is 9.97. The Balaban J connectivity index is 1.94. The Morgan fingerprint density at radius 3 is 3.14 bits per heavy atom. The van der Waals surface area contributed by atoms with Crippen molar-refractivity contribution in [2.24, 2.45) is 7.05 Å². The van der Waals surface area contributed by atoms with Crippen molar-refractivity contribution in [1.29, 1.82) is 0 Å². The zero-order valence-electron chi connectivity index (χ0n) is 8.90. The number of hydrogen-bond acceptors (Lipinski definition) is 3. The van der Waals surface area contributed by atoms with E-state index in [-0.39, 0.29) is 0 Å². The van der Waals surface area contributed by atoms with E-state index >= 15 is 0 Å². The molecular weight excluding hydrogens is 176 g/mol. The van der Waals surface area contributed by atoms with Crippen LogP contribution in [0.25, 0.3) is 0 Å². The second kappa shape index (κ2) is 4.11. The lowest BCUT2D eigenvalue weighted by molar-refractivity contribution is 0.196. The minimum atomic E-state index is 0.608. The van der Waals surface area contributed by atoms with Crippen molar-refractivity contribution in [3.63, 3.8) is 0 Å². The van der Waals surface area contributed by atoms with Crippen LogP contribution in [0.5, 0.6) is 0 Å². The smallest absolute Gasteiger partial charge is 0.0945 e. The highest BCUT2D eigenvalue weighted by atomic mass is 15.2. The molecule has 0 bridgehead atoms. The monoisotopic (exact) mass is 194 g/mol. The second-order valence-corrected chi connectivity index (χ2v) is 4.09. The van der Waals surface area contributed by atoms with Crippen molar-refractivity contribution in [3.8, 4) is 0 Å². The lowest BCUT2D eigenvalue weighted by Crippen LogP contribution is -2.48. The predicted molar refractivity (Wildman–Crippen MR) is 55.9 cm³/mol. The van der Waals surface area contributed by atoms with Crippen LogP contribution >= 0.6 is 0 Å². The van der Waals surface area contributed by atoms with E-state index < -0.39 is 0 Å². The quantitative estimate of drug-likeness (QED) is 0.731. The Labute approximate surface area is 84.9 Å². The van der Waals surface area contributed by atoms with Crippen LogP contribution in [0.4, 0.5) is 0 Å². The third-order valence-corrected chi connectivity index (χ3v) is 2.75. The molecule has 0 saturated carbocycles. The van der Waals surface area contributed by atoms with Crippen molar-refractivity contribution < 1.29 is 0 Å². The van der Waals surface area contributed by atoms with E-state index in [4.69, 9.17) is 0 Å². The zero-order valence-corrected chi connectivity index (χ0v) is 8.90. The van der Waals surface area contributed by atoms with Gasteiger partial charge < -0.3 is 9.88 Å². The standard InChI is InChI=1S/C10H18N4/c1-9-6-14(4-3-12-9)7-10-5-11-8-13(10)2/h5,8-9,12H,3-4,6-7H2,1-2H3. The van der Waals surface area contributed by atoms with Gasteiger partial charge in [-0.2, -0.15) is 0 Å². The number of aryl methyl sites for hydroxylation is 1. The summed E-state index contributed by atoms with van der Waals surface area (Å²) < 4.78 is 2.09. The fourth-order valence-electron chi connectivity index (χ4n) is 1.92. The van der Waals surface area contributed by atoms with Gasteiger partial charge in [-0.25, -0.2) is 4.98 Å². The van der Waals surface area contributed by atoms with Crippen LogP contribution in [-0.2, 0) is 13.6 Å². The van der Waals surface area contributed by atoms with E-state index in [1.807, 2.05) is 19.6 Å². The lowest BCUT2D eigenvalue weighted by atomic mass is 10.2. The van der Waals surface area contributed by atoms with Gasteiger partial charge in [0.2, 0.25) is 0 Å². The van der Waals surface area contributed by atoms with Gasteiger partial charge >= 0.3 is 0 Å². The van der Waals surface area contributed by atoms with Gasteiger partial charge in [0, 0.05) is 45.5 Å². The number of aromatic nitrogens is 2. The third-order valence-electron chi connectivity index (χ3n) is 2.75. The predicted octanol–water partition coefficient (Wildman–Crippen LogP) is 0.214. The summed E-state index contributed by atoms with van der Waals surface area (Å²) in [5, 5.41) is 3.44. The molecule has 14 heavy (non-hydrogen) atoms. The number of piperazine rings is 1. The second-order valence-electron chi connectivity index (χ2n) is 4.09. The molecule has 2 heterocycles. The molecule has 4 heteroatoms. The van der Waals surface area contributed by atoms with Gasteiger partial charge in [-0.3, -0.25) is 4.90 Å².